The van der Waals surface area contributed by atoms with Gasteiger partial charge in [0.2, 0.25) is 5.91 Å². The maximum Gasteiger partial charge on any atom is 0.243 e. The maximum atomic E-state index is 11.8. The Morgan fingerprint density at radius 2 is 2.29 bits per heavy atom. The largest absolute Gasteiger partial charge is 0.353 e. The van der Waals surface area contributed by atoms with Gasteiger partial charge in [0, 0.05) is 19.3 Å². The van der Waals surface area contributed by atoms with Crippen LogP contribution in [0.3, 0.4) is 0 Å². The molecule has 3 heterocycles. The zero-order chi connectivity index (χ0) is 11.8. The summed E-state index contributed by atoms with van der Waals surface area (Å²) in [6.45, 7) is 3.40. The molecule has 0 saturated carbocycles. The summed E-state index contributed by atoms with van der Waals surface area (Å²) < 4.78 is 2.00. The maximum absolute atomic E-state index is 11.8. The molecule has 0 bridgehead atoms. The van der Waals surface area contributed by atoms with Crippen molar-refractivity contribution in [2.75, 3.05) is 13.1 Å². The minimum absolute atomic E-state index is 0.0000954. The number of hydrogen-bond acceptors (Lipinski definition) is 3. The molecule has 0 radical (unpaired) electrons. The highest BCUT2D eigenvalue weighted by Crippen LogP contribution is 2.20. The molecule has 1 atom stereocenters. The van der Waals surface area contributed by atoms with Crippen LogP contribution in [0.2, 0.25) is 0 Å². The second kappa shape index (κ2) is 3.85. The number of aromatic nitrogens is 2. The number of piperazine rings is 1. The first-order valence-corrected chi connectivity index (χ1v) is 5.72. The van der Waals surface area contributed by atoms with Crippen molar-refractivity contribution in [1.29, 1.82) is 0 Å². The summed E-state index contributed by atoms with van der Waals surface area (Å²) in [6.07, 6.45) is 1.96. The van der Waals surface area contributed by atoms with E-state index in [9.17, 15) is 4.79 Å². The summed E-state index contributed by atoms with van der Waals surface area (Å²) in [5, 5.41) is 6.06. The molecule has 1 amide bonds. The molecule has 1 fully saturated rings. The topological polar surface area (TPSA) is 58.4 Å². The molecule has 1 aliphatic rings. The Hall–Kier alpha value is -1.88. The van der Waals surface area contributed by atoms with Gasteiger partial charge in [-0.15, -0.1) is 0 Å². The lowest BCUT2D eigenvalue weighted by Gasteiger charge is -2.22. The Labute approximate surface area is 98.8 Å². The summed E-state index contributed by atoms with van der Waals surface area (Å²) in [5.41, 5.74) is 1.79. The fraction of sp³-hybridized carbons (Fsp3) is 0.333. The average Bonchev–Trinajstić information content (AvgIpc) is 2.68. The van der Waals surface area contributed by atoms with E-state index in [1.165, 1.54) is 0 Å². The van der Waals surface area contributed by atoms with E-state index < -0.39 is 0 Å². The van der Waals surface area contributed by atoms with Gasteiger partial charge >= 0.3 is 0 Å². The summed E-state index contributed by atoms with van der Waals surface area (Å²) in [5.74, 6) is 0.899. The molecule has 88 valence electrons. The predicted molar refractivity (Wildman–Crippen MR) is 63.7 cm³/mol. The number of amides is 1. The van der Waals surface area contributed by atoms with E-state index in [1.54, 1.807) is 0 Å². The van der Waals surface area contributed by atoms with Crippen molar-refractivity contribution in [3.63, 3.8) is 0 Å². The number of pyridine rings is 1. The number of nitrogens with zero attached hydrogens (tertiary/aromatic N) is 2. The molecule has 1 unspecified atom stereocenters. The van der Waals surface area contributed by atoms with Gasteiger partial charge in [0.25, 0.3) is 0 Å². The van der Waals surface area contributed by atoms with Gasteiger partial charge in [0.05, 0.1) is 11.2 Å². The fourth-order valence-electron chi connectivity index (χ4n) is 2.25. The molecule has 0 aliphatic carbocycles. The Balaban J connectivity index is 2.13. The van der Waals surface area contributed by atoms with Crippen molar-refractivity contribution in [2.45, 2.75) is 13.0 Å². The van der Waals surface area contributed by atoms with Crippen LogP contribution in [0.15, 0.2) is 24.4 Å². The molecule has 5 nitrogen and oxygen atoms in total. The van der Waals surface area contributed by atoms with E-state index in [-0.39, 0.29) is 11.9 Å². The molecular weight excluding hydrogens is 216 g/mol. The third-order valence-corrected chi connectivity index (χ3v) is 3.06. The van der Waals surface area contributed by atoms with Gasteiger partial charge in [0.1, 0.15) is 11.9 Å². The zero-order valence-corrected chi connectivity index (χ0v) is 9.60. The lowest BCUT2D eigenvalue weighted by Crippen LogP contribution is -2.47. The lowest BCUT2D eigenvalue weighted by molar-refractivity contribution is -0.124. The molecule has 2 aromatic rings. The second-order valence-corrected chi connectivity index (χ2v) is 4.18. The van der Waals surface area contributed by atoms with Gasteiger partial charge in [-0.25, -0.2) is 4.98 Å². The molecule has 17 heavy (non-hydrogen) atoms. The van der Waals surface area contributed by atoms with Crippen molar-refractivity contribution in [2.24, 2.45) is 0 Å². The molecule has 1 saturated heterocycles. The first kappa shape index (κ1) is 10.3. The first-order valence-electron chi connectivity index (χ1n) is 5.72. The van der Waals surface area contributed by atoms with Gasteiger partial charge in [-0.1, -0.05) is 6.07 Å². The minimum atomic E-state index is -0.338. The van der Waals surface area contributed by atoms with Crippen molar-refractivity contribution >= 4 is 11.4 Å². The molecular formula is C12H14N4O. The Kier molecular flexibility index (Phi) is 2.33. The monoisotopic (exact) mass is 230 g/mol. The fourth-order valence-corrected chi connectivity index (χ4v) is 2.25. The molecule has 5 heteroatoms. The number of aryl methyl sites for hydroxylation is 1. The number of carbonyl (C=O) groups is 1. The second-order valence-electron chi connectivity index (χ2n) is 4.18. The number of hydrogen-bond donors (Lipinski definition) is 2. The van der Waals surface area contributed by atoms with Crippen LogP contribution in [0.5, 0.6) is 0 Å². The molecule has 0 spiro atoms. The van der Waals surface area contributed by atoms with Gasteiger partial charge in [-0.05, 0) is 19.1 Å². The first-order chi connectivity index (χ1) is 8.27. The number of imidazole rings is 1. The van der Waals surface area contributed by atoms with E-state index in [0.717, 1.165) is 23.6 Å². The zero-order valence-electron chi connectivity index (χ0n) is 9.60. The van der Waals surface area contributed by atoms with Gasteiger partial charge in [-0.3, -0.25) is 10.1 Å². The summed E-state index contributed by atoms with van der Waals surface area (Å²) in [7, 11) is 0. The third kappa shape index (κ3) is 1.59. The van der Waals surface area contributed by atoms with Gasteiger partial charge in [-0.2, -0.15) is 0 Å². The van der Waals surface area contributed by atoms with Crippen LogP contribution in [0.1, 0.15) is 17.6 Å². The standard InChI is InChI=1S/C12H14N4O/c1-8-15-10(9-4-2-3-7-16(8)9)11-12(17)14-6-5-13-11/h2-4,7,11,13H,5-6H2,1H3,(H,14,17). The van der Waals surface area contributed by atoms with Crippen LogP contribution in [-0.4, -0.2) is 28.4 Å². The molecule has 3 rings (SSSR count). The highest BCUT2D eigenvalue weighted by atomic mass is 16.2. The number of fused-ring (bicyclic) bond motifs is 1. The van der Waals surface area contributed by atoms with Crippen molar-refractivity contribution in [3.05, 3.63) is 35.9 Å². The van der Waals surface area contributed by atoms with Crippen molar-refractivity contribution in [1.82, 2.24) is 20.0 Å². The highest BCUT2D eigenvalue weighted by molar-refractivity contribution is 5.85. The van der Waals surface area contributed by atoms with E-state index >= 15 is 0 Å². The van der Waals surface area contributed by atoms with Crippen LogP contribution in [-0.2, 0) is 4.79 Å². The summed E-state index contributed by atoms with van der Waals surface area (Å²) >= 11 is 0. The smallest absolute Gasteiger partial charge is 0.243 e. The van der Waals surface area contributed by atoms with Crippen LogP contribution >= 0.6 is 0 Å². The Bertz CT molecular complexity index is 575. The van der Waals surface area contributed by atoms with Crippen molar-refractivity contribution in [3.8, 4) is 0 Å². The normalized spacial score (nSPS) is 20.5. The molecule has 2 N–H and O–H groups in total. The molecule has 0 aromatic carbocycles. The number of carbonyl (C=O) groups excluding carboxylic acids is 1. The lowest BCUT2D eigenvalue weighted by atomic mass is 10.1. The van der Waals surface area contributed by atoms with Gasteiger partial charge < -0.3 is 9.72 Å². The third-order valence-electron chi connectivity index (χ3n) is 3.06. The molecule has 1 aliphatic heterocycles. The summed E-state index contributed by atoms with van der Waals surface area (Å²) in [6, 6.07) is 5.56. The van der Waals surface area contributed by atoms with Crippen LogP contribution < -0.4 is 10.6 Å². The van der Waals surface area contributed by atoms with E-state index in [2.05, 4.69) is 15.6 Å². The van der Waals surface area contributed by atoms with Crippen molar-refractivity contribution < 1.29 is 4.79 Å². The number of rotatable bonds is 1. The van der Waals surface area contributed by atoms with E-state index in [4.69, 9.17) is 0 Å². The highest BCUT2D eigenvalue weighted by Gasteiger charge is 2.27. The Morgan fingerprint density at radius 3 is 3.12 bits per heavy atom. The SMILES string of the molecule is Cc1nc(C2NCCNC2=O)c2ccccn12. The molecule has 2 aromatic heterocycles. The van der Waals surface area contributed by atoms with Crippen LogP contribution in [0.4, 0.5) is 0 Å². The van der Waals surface area contributed by atoms with Crippen LogP contribution in [0, 0.1) is 6.92 Å². The minimum Gasteiger partial charge on any atom is -0.353 e. The number of nitrogens with one attached hydrogen (secondary N) is 2. The van der Waals surface area contributed by atoms with E-state index in [1.807, 2.05) is 35.7 Å². The Morgan fingerprint density at radius 1 is 1.41 bits per heavy atom. The average molecular weight is 230 g/mol. The van der Waals surface area contributed by atoms with E-state index in [0.29, 0.717) is 6.54 Å². The quantitative estimate of drug-likeness (QED) is 0.745. The van der Waals surface area contributed by atoms with Crippen LogP contribution in [0.25, 0.3) is 5.52 Å². The van der Waals surface area contributed by atoms with Gasteiger partial charge in [0.15, 0.2) is 0 Å². The predicted octanol–water partition coefficient (Wildman–Crippen LogP) is 0.403. The summed E-state index contributed by atoms with van der Waals surface area (Å²) in [4.78, 5) is 16.3.